The first-order valence-electron chi connectivity index (χ1n) is 6.93. The van der Waals surface area contributed by atoms with Gasteiger partial charge >= 0.3 is 0 Å². The summed E-state index contributed by atoms with van der Waals surface area (Å²) in [7, 11) is 0. The van der Waals surface area contributed by atoms with E-state index in [-0.39, 0.29) is 0 Å². The van der Waals surface area contributed by atoms with Crippen LogP contribution in [0.1, 0.15) is 31.4 Å². The molecule has 3 rings (SSSR count). The maximum absolute atomic E-state index is 5.90. The third-order valence-electron chi connectivity index (χ3n) is 4.03. The van der Waals surface area contributed by atoms with Gasteiger partial charge in [0.05, 0.1) is 24.4 Å². The molecule has 98 valence electrons. The van der Waals surface area contributed by atoms with E-state index in [9.17, 15) is 0 Å². The van der Waals surface area contributed by atoms with Crippen LogP contribution in [0, 0.1) is 0 Å². The first-order chi connectivity index (χ1) is 8.88. The molecule has 2 N–H and O–H groups in total. The highest BCUT2D eigenvalue weighted by molar-refractivity contribution is 5.41. The van der Waals surface area contributed by atoms with Crippen molar-refractivity contribution < 1.29 is 4.74 Å². The van der Waals surface area contributed by atoms with Crippen molar-refractivity contribution >= 4 is 5.82 Å². The van der Waals surface area contributed by atoms with E-state index in [1.54, 1.807) is 0 Å². The largest absolute Gasteiger partial charge is 0.374 e. The lowest BCUT2D eigenvalue weighted by atomic mass is 9.90. The summed E-state index contributed by atoms with van der Waals surface area (Å²) in [6, 6.07) is 6.64. The van der Waals surface area contributed by atoms with Crippen LogP contribution in [0.5, 0.6) is 0 Å². The molecule has 0 spiro atoms. The molecule has 1 aliphatic heterocycles. The van der Waals surface area contributed by atoms with Gasteiger partial charge in [-0.3, -0.25) is 0 Å². The van der Waals surface area contributed by atoms with Crippen LogP contribution in [0.3, 0.4) is 0 Å². The Hall–Kier alpha value is -1.13. The minimum atomic E-state index is 0.399. The number of hydrogen-bond acceptors (Lipinski definition) is 4. The molecule has 0 aromatic carbocycles. The zero-order valence-corrected chi connectivity index (χ0v) is 10.7. The number of fused-ring (bicyclic) bond motifs is 1. The highest BCUT2D eigenvalue weighted by Crippen LogP contribution is 2.31. The molecule has 2 atom stereocenters. The first-order valence-corrected chi connectivity index (χ1v) is 6.93. The summed E-state index contributed by atoms with van der Waals surface area (Å²) in [4.78, 5) is 7.07. The van der Waals surface area contributed by atoms with E-state index in [1.165, 1.54) is 25.7 Å². The molecule has 4 nitrogen and oxygen atoms in total. The van der Waals surface area contributed by atoms with Crippen molar-refractivity contribution in [3.63, 3.8) is 0 Å². The Morgan fingerprint density at radius 2 is 2.22 bits per heavy atom. The SMILES string of the molecule is NCc1cccc(N2CCOC3CCCCC32)n1. The van der Waals surface area contributed by atoms with Crippen LogP contribution < -0.4 is 10.6 Å². The second-order valence-electron chi connectivity index (χ2n) is 5.15. The van der Waals surface area contributed by atoms with E-state index in [4.69, 9.17) is 10.5 Å². The summed E-state index contributed by atoms with van der Waals surface area (Å²) < 4.78 is 5.90. The molecule has 0 radical (unpaired) electrons. The van der Waals surface area contributed by atoms with E-state index < -0.39 is 0 Å². The molecule has 18 heavy (non-hydrogen) atoms. The van der Waals surface area contributed by atoms with Gasteiger partial charge in [-0.05, 0) is 25.0 Å². The molecule has 1 saturated heterocycles. The van der Waals surface area contributed by atoms with E-state index in [1.807, 2.05) is 6.07 Å². The fourth-order valence-corrected chi connectivity index (χ4v) is 3.12. The van der Waals surface area contributed by atoms with E-state index in [0.717, 1.165) is 24.7 Å². The van der Waals surface area contributed by atoms with Gasteiger partial charge in [-0.15, -0.1) is 0 Å². The Morgan fingerprint density at radius 1 is 1.33 bits per heavy atom. The lowest BCUT2D eigenvalue weighted by molar-refractivity contribution is -0.00899. The van der Waals surface area contributed by atoms with Gasteiger partial charge in [0.1, 0.15) is 5.82 Å². The number of pyridine rings is 1. The molecule has 1 aromatic heterocycles. The number of rotatable bonds is 2. The summed E-state index contributed by atoms with van der Waals surface area (Å²) in [6.45, 7) is 2.27. The summed E-state index contributed by atoms with van der Waals surface area (Å²) in [5.74, 6) is 1.07. The highest BCUT2D eigenvalue weighted by Gasteiger charge is 2.34. The summed E-state index contributed by atoms with van der Waals surface area (Å²) in [5.41, 5.74) is 6.64. The number of ether oxygens (including phenoxy) is 1. The fraction of sp³-hybridized carbons (Fsp3) is 0.643. The Bertz CT molecular complexity index is 408. The Morgan fingerprint density at radius 3 is 3.11 bits per heavy atom. The summed E-state index contributed by atoms with van der Waals surface area (Å²) in [5, 5.41) is 0. The molecule has 1 saturated carbocycles. The second-order valence-corrected chi connectivity index (χ2v) is 5.15. The summed E-state index contributed by atoms with van der Waals surface area (Å²) in [6.07, 6.45) is 5.41. The molecule has 2 fully saturated rings. The Labute approximate surface area is 108 Å². The second kappa shape index (κ2) is 5.24. The predicted molar refractivity (Wildman–Crippen MR) is 71.5 cm³/mol. The maximum atomic E-state index is 5.90. The summed E-state index contributed by atoms with van der Waals surface area (Å²) >= 11 is 0. The number of aromatic nitrogens is 1. The van der Waals surface area contributed by atoms with E-state index >= 15 is 0 Å². The lowest BCUT2D eigenvalue weighted by Crippen LogP contribution is -2.53. The van der Waals surface area contributed by atoms with Crippen molar-refractivity contribution in [1.29, 1.82) is 0 Å². The number of nitrogens with two attached hydrogens (primary N) is 1. The Balaban J connectivity index is 1.84. The van der Waals surface area contributed by atoms with Crippen LogP contribution in [-0.4, -0.2) is 30.3 Å². The highest BCUT2D eigenvalue weighted by atomic mass is 16.5. The van der Waals surface area contributed by atoms with Crippen molar-refractivity contribution in [2.24, 2.45) is 5.73 Å². The van der Waals surface area contributed by atoms with Crippen LogP contribution in [0.4, 0.5) is 5.82 Å². The molecule has 1 aliphatic carbocycles. The van der Waals surface area contributed by atoms with Gasteiger partial charge in [0, 0.05) is 13.1 Å². The number of anilines is 1. The standard InChI is InChI=1S/C14H21N3O/c15-10-11-4-3-7-14(16-11)17-8-9-18-13-6-2-1-5-12(13)17/h3-4,7,12-13H,1-2,5-6,8-10,15H2. The minimum absolute atomic E-state index is 0.399. The van der Waals surface area contributed by atoms with E-state index in [2.05, 4.69) is 22.0 Å². The normalized spacial score (nSPS) is 27.9. The molecule has 2 unspecified atom stereocenters. The van der Waals surface area contributed by atoms with Gasteiger partial charge in [0.25, 0.3) is 0 Å². The quantitative estimate of drug-likeness (QED) is 0.864. The molecular formula is C14H21N3O. The molecule has 0 bridgehead atoms. The zero-order chi connectivity index (χ0) is 12.4. The van der Waals surface area contributed by atoms with Gasteiger partial charge < -0.3 is 15.4 Å². The van der Waals surface area contributed by atoms with Gasteiger partial charge in [-0.2, -0.15) is 0 Å². The number of hydrogen-bond donors (Lipinski definition) is 1. The number of morpholine rings is 1. The zero-order valence-electron chi connectivity index (χ0n) is 10.7. The van der Waals surface area contributed by atoms with Crippen molar-refractivity contribution in [2.45, 2.75) is 44.4 Å². The average molecular weight is 247 g/mol. The molecule has 2 heterocycles. The third-order valence-corrected chi connectivity index (χ3v) is 4.03. The van der Waals surface area contributed by atoms with Crippen molar-refractivity contribution in [3.8, 4) is 0 Å². The molecule has 0 amide bonds. The van der Waals surface area contributed by atoms with Crippen LogP contribution in [0.15, 0.2) is 18.2 Å². The topological polar surface area (TPSA) is 51.4 Å². The monoisotopic (exact) mass is 247 g/mol. The molecular weight excluding hydrogens is 226 g/mol. The van der Waals surface area contributed by atoms with Crippen molar-refractivity contribution in [2.75, 3.05) is 18.1 Å². The molecule has 4 heteroatoms. The molecule has 2 aliphatic rings. The average Bonchev–Trinajstić information content (AvgIpc) is 2.47. The smallest absolute Gasteiger partial charge is 0.129 e. The Kier molecular flexibility index (Phi) is 3.48. The first kappa shape index (κ1) is 11.9. The van der Waals surface area contributed by atoms with Gasteiger partial charge in [0.15, 0.2) is 0 Å². The molecule has 1 aromatic rings. The van der Waals surface area contributed by atoms with Gasteiger partial charge in [-0.25, -0.2) is 4.98 Å². The third kappa shape index (κ3) is 2.22. The van der Waals surface area contributed by atoms with Gasteiger partial charge in [0.2, 0.25) is 0 Å². The lowest BCUT2D eigenvalue weighted by Gasteiger charge is -2.44. The minimum Gasteiger partial charge on any atom is -0.374 e. The van der Waals surface area contributed by atoms with Crippen LogP contribution in [0.2, 0.25) is 0 Å². The van der Waals surface area contributed by atoms with E-state index in [0.29, 0.717) is 18.7 Å². The van der Waals surface area contributed by atoms with Crippen LogP contribution in [0.25, 0.3) is 0 Å². The van der Waals surface area contributed by atoms with Gasteiger partial charge in [-0.1, -0.05) is 18.9 Å². The van der Waals surface area contributed by atoms with Crippen molar-refractivity contribution in [3.05, 3.63) is 23.9 Å². The predicted octanol–water partition coefficient (Wildman–Crippen LogP) is 1.69. The number of nitrogens with zero attached hydrogens (tertiary/aromatic N) is 2. The fourth-order valence-electron chi connectivity index (χ4n) is 3.12. The van der Waals surface area contributed by atoms with Crippen molar-refractivity contribution in [1.82, 2.24) is 4.98 Å². The maximum Gasteiger partial charge on any atom is 0.129 e. The van der Waals surface area contributed by atoms with Crippen LogP contribution >= 0.6 is 0 Å². The van der Waals surface area contributed by atoms with Crippen LogP contribution in [-0.2, 0) is 11.3 Å².